The van der Waals surface area contributed by atoms with E-state index in [-0.39, 0.29) is 50.9 Å². The molecule has 0 saturated carbocycles. The van der Waals surface area contributed by atoms with Crippen molar-refractivity contribution in [3.8, 4) is 23.0 Å². The van der Waals surface area contributed by atoms with Gasteiger partial charge >= 0.3 is 24.8 Å². The van der Waals surface area contributed by atoms with Crippen LogP contribution in [0.2, 0.25) is 0 Å². The summed E-state index contributed by atoms with van der Waals surface area (Å²) in [6, 6.07) is 60.0. The first-order chi connectivity index (χ1) is 27.6. The molecule has 0 heterocycles. The van der Waals surface area contributed by atoms with Gasteiger partial charge in [0, 0.05) is 12.1 Å². The summed E-state index contributed by atoms with van der Waals surface area (Å²) in [6.07, 6.45) is 0. The van der Waals surface area contributed by atoms with Crippen molar-refractivity contribution in [2.24, 2.45) is 0 Å². The average Bonchev–Trinajstić information content (AvgIpc) is 3.27. The van der Waals surface area contributed by atoms with Gasteiger partial charge in [-0.3, -0.25) is 0 Å². The van der Waals surface area contributed by atoms with Crippen LogP contribution in [-0.2, 0) is 44.4 Å². The Morgan fingerprint density at radius 3 is 0.966 bits per heavy atom. The number of benzene rings is 7. The fraction of sp³-hybridized carbons (Fsp3) is 0.122. The van der Waals surface area contributed by atoms with Crippen LogP contribution in [-0.4, -0.2) is 28.4 Å². The SMILES string of the molecule is O=C(OCc1ccccc1)c1cc(OCc2ccccc2)cc(OCc2ccccc2)c1.OCc1cc(OCc2ccccc2)cc(OCc2ccccc2)c1.[AlH3].[H-].[Li+]. The van der Waals surface area contributed by atoms with E-state index in [2.05, 4.69) is 0 Å². The largest absolute Gasteiger partial charge is 1.00 e. The molecule has 0 aliphatic carbocycles. The number of aliphatic hydroxyl groups is 1. The van der Waals surface area contributed by atoms with Crippen LogP contribution in [0.5, 0.6) is 23.0 Å². The number of carbonyl (C=O) groups excluding carboxylic acids is 1. The second-order valence-corrected chi connectivity index (χ2v) is 12.8. The zero-order chi connectivity index (χ0) is 38.6. The van der Waals surface area contributed by atoms with E-state index >= 15 is 0 Å². The molecule has 0 amide bonds. The molecule has 0 aromatic heterocycles. The minimum absolute atomic E-state index is 0. The predicted octanol–water partition coefficient (Wildman–Crippen LogP) is 6.47. The van der Waals surface area contributed by atoms with Crippen LogP contribution in [0.15, 0.2) is 188 Å². The smallest absolute Gasteiger partial charge is 1.00 e. The number of rotatable bonds is 16. The van der Waals surface area contributed by atoms with Gasteiger partial charge in [-0.25, -0.2) is 4.79 Å². The van der Waals surface area contributed by atoms with E-state index in [1.807, 2.05) is 170 Å². The first-order valence-corrected chi connectivity index (χ1v) is 18.4. The van der Waals surface area contributed by atoms with E-state index in [0.717, 1.165) is 33.4 Å². The molecule has 0 aliphatic heterocycles. The quantitative estimate of drug-likeness (QED) is 0.0890. The third-order valence-electron chi connectivity index (χ3n) is 8.44. The van der Waals surface area contributed by atoms with Crippen molar-refractivity contribution in [1.29, 1.82) is 0 Å². The predicted molar refractivity (Wildman–Crippen MR) is 229 cm³/mol. The average molecular weight is 783 g/mol. The third-order valence-corrected chi connectivity index (χ3v) is 8.44. The van der Waals surface area contributed by atoms with Crippen LogP contribution in [0.25, 0.3) is 0 Å². The Morgan fingerprint density at radius 1 is 0.397 bits per heavy atom. The van der Waals surface area contributed by atoms with Gasteiger partial charge in [-0.15, -0.1) is 0 Å². The van der Waals surface area contributed by atoms with Crippen molar-refractivity contribution in [1.82, 2.24) is 0 Å². The van der Waals surface area contributed by atoms with Crippen LogP contribution in [0.4, 0.5) is 0 Å². The van der Waals surface area contributed by atoms with Crippen LogP contribution >= 0.6 is 0 Å². The summed E-state index contributed by atoms with van der Waals surface area (Å²) in [7, 11) is 0. The minimum Gasteiger partial charge on any atom is -1.00 e. The van der Waals surface area contributed by atoms with Crippen molar-refractivity contribution < 1.29 is 53.9 Å². The van der Waals surface area contributed by atoms with Gasteiger partial charge in [0.2, 0.25) is 0 Å². The molecular formula is C49H48AlLiO7. The Balaban J connectivity index is 0.000000311. The number of esters is 1. The Labute approximate surface area is 365 Å². The van der Waals surface area contributed by atoms with Gasteiger partial charge in [-0.2, -0.15) is 0 Å². The molecule has 1 N–H and O–H groups in total. The normalized spacial score (nSPS) is 10.0. The summed E-state index contributed by atoms with van der Waals surface area (Å²) >= 11 is 0. The van der Waals surface area contributed by atoms with Crippen LogP contribution < -0.4 is 37.8 Å². The number of aliphatic hydroxyl groups excluding tert-OH is 1. The summed E-state index contributed by atoms with van der Waals surface area (Å²) in [5.41, 5.74) is 6.35. The summed E-state index contributed by atoms with van der Waals surface area (Å²) in [6.45, 7) is 1.89. The van der Waals surface area contributed by atoms with E-state index in [1.54, 1.807) is 18.2 Å². The molecule has 7 aromatic rings. The van der Waals surface area contributed by atoms with E-state index in [4.69, 9.17) is 23.7 Å². The maximum absolute atomic E-state index is 12.7. The summed E-state index contributed by atoms with van der Waals surface area (Å²) in [5.74, 6) is 2.04. The standard InChI is InChI=1S/C28H24O4.C21H20O3.Al.Li.4H/c29-28(32-21-24-14-8-3-9-15-24)25-16-26(30-19-22-10-4-1-5-11-22)18-27(17-25)31-20-23-12-6-2-7-13-23;22-14-19-11-20(23-15-17-7-3-1-4-8-17)13-21(12-19)24-16-18-9-5-2-6-10-18;;;;;;/h1-18H,19-21H2;1-13,22H,14-16H2;;;;;;/q;;;+1;;;;-1. The van der Waals surface area contributed by atoms with Crippen molar-refractivity contribution in [3.05, 3.63) is 227 Å². The van der Waals surface area contributed by atoms with E-state index < -0.39 is 5.97 Å². The molecule has 0 bridgehead atoms. The fourth-order valence-corrected chi connectivity index (χ4v) is 5.51. The van der Waals surface area contributed by atoms with E-state index in [9.17, 15) is 9.90 Å². The van der Waals surface area contributed by atoms with Gasteiger partial charge in [0.25, 0.3) is 0 Å². The molecule has 0 aliphatic rings. The first-order valence-electron chi connectivity index (χ1n) is 18.4. The number of hydrogen-bond donors (Lipinski definition) is 1. The van der Waals surface area contributed by atoms with E-state index in [0.29, 0.717) is 55.0 Å². The van der Waals surface area contributed by atoms with Gasteiger partial charge < -0.3 is 30.2 Å². The van der Waals surface area contributed by atoms with Crippen LogP contribution in [0.1, 0.15) is 45.2 Å². The topological polar surface area (TPSA) is 83.5 Å². The third kappa shape index (κ3) is 15.3. The number of hydrogen-bond acceptors (Lipinski definition) is 7. The first kappa shape index (κ1) is 45.0. The zero-order valence-corrected chi connectivity index (χ0v) is 32.0. The van der Waals surface area contributed by atoms with Gasteiger partial charge in [-0.05, 0) is 57.6 Å². The van der Waals surface area contributed by atoms with Crippen molar-refractivity contribution in [2.75, 3.05) is 0 Å². The second kappa shape index (κ2) is 24.8. The van der Waals surface area contributed by atoms with Gasteiger partial charge in [0.1, 0.15) is 56.0 Å². The Hall–Kier alpha value is -5.70. The summed E-state index contributed by atoms with van der Waals surface area (Å²) in [5, 5.41) is 9.45. The maximum Gasteiger partial charge on any atom is 1.00 e. The Kier molecular flexibility index (Phi) is 19.3. The van der Waals surface area contributed by atoms with E-state index in [1.165, 1.54) is 0 Å². The molecule has 0 spiro atoms. The molecule has 290 valence electrons. The fourth-order valence-electron chi connectivity index (χ4n) is 5.51. The molecule has 0 fully saturated rings. The molecule has 0 atom stereocenters. The van der Waals surface area contributed by atoms with Gasteiger partial charge in [0.05, 0.1) is 12.2 Å². The Morgan fingerprint density at radius 2 is 0.672 bits per heavy atom. The monoisotopic (exact) mass is 782 g/mol. The van der Waals surface area contributed by atoms with Crippen LogP contribution in [0, 0.1) is 0 Å². The molecule has 0 saturated heterocycles. The maximum atomic E-state index is 12.7. The molecule has 7 nitrogen and oxygen atoms in total. The van der Waals surface area contributed by atoms with Gasteiger partial charge in [-0.1, -0.05) is 152 Å². The number of carbonyl (C=O) groups is 1. The molecule has 7 aromatic carbocycles. The van der Waals surface area contributed by atoms with Crippen molar-refractivity contribution in [3.63, 3.8) is 0 Å². The molecule has 9 heteroatoms. The van der Waals surface area contributed by atoms with Crippen molar-refractivity contribution in [2.45, 2.75) is 39.6 Å². The molecule has 58 heavy (non-hydrogen) atoms. The minimum atomic E-state index is -0.427. The summed E-state index contributed by atoms with van der Waals surface area (Å²) < 4.78 is 29.1. The number of ether oxygens (including phenoxy) is 5. The summed E-state index contributed by atoms with van der Waals surface area (Å²) in [4.78, 5) is 12.7. The molecule has 0 radical (unpaired) electrons. The van der Waals surface area contributed by atoms with Gasteiger partial charge in [0.15, 0.2) is 17.4 Å². The Bertz CT molecular complexity index is 2090. The zero-order valence-electron chi connectivity index (χ0n) is 33.0. The second-order valence-electron chi connectivity index (χ2n) is 12.8. The molecular weight excluding hydrogens is 734 g/mol. The van der Waals surface area contributed by atoms with Crippen LogP contribution in [0.3, 0.4) is 0 Å². The van der Waals surface area contributed by atoms with Crippen molar-refractivity contribution >= 4 is 23.3 Å². The molecule has 0 unspecified atom stereocenters. The molecule has 7 rings (SSSR count).